The summed E-state index contributed by atoms with van der Waals surface area (Å²) in [6.07, 6.45) is 2.86. The normalized spacial score (nSPS) is 11.3. The third-order valence-corrected chi connectivity index (χ3v) is 5.20. The van der Waals surface area contributed by atoms with Crippen LogP contribution in [-0.2, 0) is 6.42 Å². The van der Waals surface area contributed by atoms with Gasteiger partial charge in [0.2, 0.25) is 0 Å². The maximum absolute atomic E-state index is 4.77. The molecule has 0 aliphatic carbocycles. The first kappa shape index (κ1) is 12.7. The van der Waals surface area contributed by atoms with Gasteiger partial charge in [0.25, 0.3) is 0 Å². The van der Waals surface area contributed by atoms with Crippen molar-refractivity contribution in [2.24, 2.45) is 0 Å². The third-order valence-electron chi connectivity index (χ3n) is 3.39. The molecule has 0 amide bonds. The average molecular weight is 311 g/mol. The van der Waals surface area contributed by atoms with Crippen molar-refractivity contribution in [1.82, 2.24) is 15.0 Å². The molecule has 104 valence electrons. The van der Waals surface area contributed by atoms with E-state index >= 15 is 0 Å². The minimum atomic E-state index is 0.825. The van der Waals surface area contributed by atoms with E-state index in [2.05, 4.69) is 38.9 Å². The first-order valence-electron chi connectivity index (χ1n) is 6.71. The average Bonchev–Trinajstić information content (AvgIpc) is 3.19. The molecule has 0 radical (unpaired) electrons. The molecular weight excluding hydrogens is 298 g/mol. The van der Waals surface area contributed by atoms with Crippen LogP contribution in [-0.4, -0.2) is 15.0 Å². The number of thiazole rings is 2. The molecular formula is C16H13N3S2. The third kappa shape index (κ3) is 2.39. The van der Waals surface area contributed by atoms with Gasteiger partial charge in [0, 0.05) is 39.1 Å². The number of hydrogen-bond donors (Lipinski definition) is 1. The second kappa shape index (κ2) is 5.09. The van der Waals surface area contributed by atoms with Crippen LogP contribution in [0.25, 0.3) is 22.2 Å². The molecule has 3 aromatic heterocycles. The Balaban J connectivity index is 1.68. The highest BCUT2D eigenvalue weighted by molar-refractivity contribution is 7.11. The summed E-state index contributed by atoms with van der Waals surface area (Å²) in [5, 5.41) is 7.69. The monoisotopic (exact) mass is 311 g/mol. The van der Waals surface area contributed by atoms with E-state index in [9.17, 15) is 0 Å². The molecule has 0 atom stereocenters. The summed E-state index contributed by atoms with van der Waals surface area (Å²) in [6, 6.07) is 8.32. The summed E-state index contributed by atoms with van der Waals surface area (Å²) in [7, 11) is 0. The van der Waals surface area contributed by atoms with Crippen molar-refractivity contribution in [1.29, 1.82) is 0 Å². The number of aryl methyl sites for hydroxylation is 1. The number of fused-ring (bicyclic) bond motifs is 1. The van der Waals surface area contributed by atoms with Gasteiger partial charge in [-0.3, -0.25) is 0 Å². The number of rotatable bonds is 3. The van der Waals surface area contributed by atoms with Crippen LogP contribution in [0.4, 0.5) is 0 Å². The maximum atomic E-state index is 4.77. The van der Waals surface area contributed by atoms with E-state index < -0.39 is 0 Å². The Bertz CT molecular complexity index is 901. The molecule has 4 rings (SSSR count). The highest BCUT2D eigenvalue weighted by atomic mass is 32.1. The minimum absolute atomic E-state index is 0.825. The van der Waals surface area contributed by atoms with Crippen molar-refractivity contribution >= 4 is 33.6 Å². The lowest BCUT2D eigenvalue weighted by Gasteiger charge is -1.94. The summed E-state index contributed by atoms with van der Waals surface area (Å²) >= 11 is 3.41. The largest absolute Gasteiger partial charge is 0.360 e. The van der Waals surface area contributed by atoms with Crippen molar-refractivity contribution < 1.29 is 0 Å². The quantitative estimate of drug-likeness (QED) is 0.598. The molecule has 5 heteroatoms. The number of H-pyrrole nitrogens is 1. The molecule has 4 aromatic rings. The van der Waals surface area contributed by atoms with Crippen LogP contribution >= 0.6 is 22.7 Å². The SMILES string of the molecule is Cc1csc(Cc2nc(-c3c[nH]c4ccccc34)cs2)n1. The number of nitrogens with one attached hydrogen (secondary N) is 1. The lowest BCUT2D eigenvalue weighted by atomic mass is 10.1. The Morgan fingerprint density at radius 1 is 1.05 bits per heavy atom. The van der Waals surface area contributed by atoms with Gasteiger partial charge in [-0.25, -0.2) is 9.97 Å². The summed E-state index contributed by atoms with van der Waals surface area (Å²) in [5.74, 6) is 0. The summed E-state index contributed by atoms with van der Waals surface area (Å²) in [4.78, 5) is 12.6. The van der Waals surface area contributed by atoms with Gasteiger partial charge in [-0.2, -0.15) is 0 Å². The van der Waals surface area contributed by atoms with Gasteiger partial charge < -0.3 is 4.98 Å². The van der Waals surface area contributed by atoms with E-state index in [1.807, 2.05) is 19.2 Å². The summed E-state index contributed by atoms with van der Waals surface area (Å²) < 4.78 is 0. The molecule has 0 bridgehead atoms. The van der Waals surface area contributed by atoms with Crippen molar-refractivity contribution in [3.63, 3.8) is 0 Å². The highest BCUT2D eigenvalue weighted by Gasteiger charge is 2.11. The molecule has 3 nitrogen and oxygen atoms in total. The predicted octanol–water partition coefficient (Wildman–Crippen LogP) is 4.65. The molecule has 3 heterocycles. The maximum Gasteiger partial charge on any atom is 0.100 e. The van der Waals surface area contributed by atoms with Gasteiger partial charge in [0.1, 0.15) is 5.01 Å². The summed E-state index contributed by atoms with van der Waals surface area (Å²) in [5.41, 5.74) is 4.45. The van der Waals surface area contributed by atoms with Crippen LogP contribution in [0.5, 0.6) is 0 Å². The fourth-order valence-corrected chi connectivity index (χ4v) is 4.08. The van der Waals surface area contributed by atoms with E-state index in [4.69, 9.17) is 4.98 Å². The molecule has 0 fully saturated rings. The van der Waals surface area contributed by atoms with Gasteiger partial charge in [-0.1, -0.05) is 18.2 Å². The van der Waals surface area contributed by atoms with Crippen LogP contribution in [0.1, 0.15) is 15.7 Å². The molecule has 0 unspecified atom stereocenters. The Labute approximate surface area is 130 Å². The topological polar surface area (TPSA) is 41.6 Å². The number of nitrogens with zero attached hydrogens (tertiary/aromatic N) is 2. The van der Waals surface area contributed by atoms with E-state index in [0.29, 0.717) is 0 Å². The van der Waals surface area contributed by atoms with Crippen molar-refractivity contribution in [2.75, 3.05) is 0 Å². The second-order valence-corrected chi connectivity index (χ2v) is 6.82. The molecule has 0 spiro atoms. The molecule has 0 saturated heterocycles. The van der Waals surface area contributed by atoms with E-state index in [-0.39, 0.29) is 0 Å². The Kier molecular flexibility index (Phi) is 3.09. The molecule has 0 aliphatic rings. The van der Waals surface area contributed by atoms with Gasteiger partial charge in [-0.15, -0.1) is 22.7 Å². The van der Waals surface area contributed by atoms with E-state index in [1.54, 1.807) is 22.7 Å². The van der Waals surface area contributed by atoms with Crippen LogP contribution in [0, 0.1) is 6.92 Å². The summed E-state index contributed by atoms with van der Waals surface area (Å²) in [6.45, 7) is 2.03. The van der Waals surface area contributed by atoms with Crippen molar-refractivity contribution in [3.8, 4) is 11.3 Å². The van der Waals surface area contributed by atoms with Crippen LogP contribution in [0.3, 0.4) is 0 Å². The lowest BCUT2D eigenvalue weighted by Crippen LogP contribution is -1.86. The second-order valence-electron chi connectivity index (χ2n) is 4.93. The van der Waals surface area contributed by atoms with E-state index in [0.717, 1.165) is 33.3 Å². The van der Waals surface area contributed by atoms with Gasteiger partial charge in [0.05, 0.1) is 17.1 Å². The van der Waals surface area contributed by atoms with Crippen LogP contribution in [0.2, 0.25) is 0 Å². The fourth-order valence-electron chi connectivity index (χ4n) is 2.41. The number of aromatic nitrogens is 3. The Morgan fingerprint density at radius 2 is 1.86 bits per heavy atom. The molecule has 0 aliphatic heterocycles. The lowest BCUT2D eigenvalue weighted by molar-refractivity contribution is 1.08. The van der Waals surface area contributed by atoms with Crippen LogP contribution < -0.4 is 0 Å². The predicted molar refractivity (Wildman–Crippen MR) is 89.1 cm³/mol. The van der Waals surface area contributed by atoms with Gasteiger partial charge in [0.15, 0.2) is 0 Å². The smallest absolute Gasteiger partial charge is 0.100 e. The van der Waals surface area contributed by atoms with Gasteiger partial charge in [-0.05, 0) is 13.0 Å². The van der Waals surface area contributed by atoms with Crippen LogP contribution in [0.15, 0.2) is 41.2 Å². The molecule has 1 N–H and O–H groups in total. The molecule has 21 heavy (non-hydrogen) atoms. The Hall–Kier alpha value is -1.98. The van der Waals surface area contributed by atoms with Gasteiger partial charge >= 0.3 is 0 Å². The standard InChI is InChI=1S/C16H13N3S2/c1-10-8-20-15(18-10)6-16-19-14(9-21-16)12-7-17-13-5-3-2-4-11(12)13/h2-5,7-9,17H,6H2,1H3. The van der Waals surface area contributed by atoms with E-state index in [1.165, 1.54) is 10.9 Å². The molecule has 1 aromatic carbocycles. The zero-order valence-corrected chi connectivity index (χ0v) is 13.1. The zero-order chi connectivity index (χ0) is 14.2. The number of para-hydroxylation sites is 1. The first-order valence-corrected chi connectivity index (χ1v) is 8.47. The molecule has 0 saturated carbocycles. The number of aromatic amines is 1. The number of hydrogen-bond acceptors (Lipinski definition) is 4. The first-order chi connectivity index (χ1) is 10.3. The Morgan fingerprint density at radius 3 is 2.71 bits per heavy atom. The highest BCUT2D eigenvalue weighted by Crippen LogP contribution is 2.30. The van der Waals surface area contributed by atoms with Crippen molar-refractivity contribution in [3.05, 3.63) is 56.9 Å². The van der Waals surface area contributed by atoms with Crippen molar-refractivity contribution in [2.45, 2.75) is 13.3 Å². The fraction of sp³-hybridized carbons (Fsp3) is 0.125. The number of benzene rings is 1. The zero-order valence-electron chi connectivity index (χ0n) is 11.5. The minimum Gasteiger partial charge on any atom is -0.360 e.